The first-order valence-electron chi connectivity index (χ1n) is 19.3. The molecule has 2 aromatic carbocycles. The fraction of sp³-hybridized carbons (Fsp3) is 0.476. The number of esters is 7. The molecule has 0 radical (unpaired) electrons. The summed E-state index contributed by atoms with van der Waals surface area (Å²) in [6.45, 7) is 8.31. The minimum atomic E-state index is -1.77. The van der Waals surface area contributed by atoms with Gasteiger partial charge in [0, 0.05) is 72.2 Å². The molecule has 2 aliphatic heterocycles. The number of methoxy groups -OCH3 is 1. The van der Waals surface area contributed by atoms with Crippen LogP contribution < -0.4 is 19.6 Å². The molecule has 21 nitrogen and oxygen atoms in total. The van der Waals surface area contributed by atoms with Gasteiger partial charge in [0.2, 0.25) is 12.4 Å². The summed E-state index contributed by atoms with van der Waals surface area (Å²) in [6, 6.07) is 10.2. The molecule has 63 heavy (non-hydrogen) atoms. The zero-order valence-electron chi connectivity index (χ0n) is 35.6. The summed E-state index contributed by atoms with van der Waals surface area (Å²) in [5.74, 6) is -5.79. The number of ether oxygens (including phenoxy) is 12. The van der Waals surface area contributed by atoms with Gasteiger partial charge in [0.05, 0.1) is 19.8 Å². The van der Waals surface area contributed by atoms with Crippen LogP contribution in [0.15, 0.2) is 51.7 Å². The van der Waals surface area contributed by atoms with E-state index in [9.17, 15) is 38.4 Å². The molecule has 0 amide bonds. The number of fused-ring (bicyclic) bond motifs is 1. The number of hydrogen-bond acceptors (Lipinski definition) is 21. The summed E-state index contributed by atoms with van der Waals surface area (Å²) in [5, 5.41) is -0.137. The van der Waals surface area contributed by atoms with Crippen LogP contribution in [0.4, 0.5) is 0 Å². The van der Waals surface area contributed by atoms with Gasteiger partial charge in [-0.05, 0) is 31.2 Å². The van der Waals surface area contributed by atoms with E-state index in [1.807, 2.05) is 0 Å². The first-order valence-corrected chi connectivity index (χ1v) is 19.3. The van der Waals surface area contributed by atoms with Gasteiger partial charge in [-0.2, -0.15) is 0 Å². The summed E-state index contributed by atoms with van der Waals surface area (Å²) in [6.07, 6.45) is -15.1. The zero-order chi connectivity index (χ0) is 46.3. The second kappa shape index (κ2) is 20.5. The molecule has 2 aliphatic rings. The summed E-state index contributed by atoms with van der Waals surface area (Å²) >= 11 is 0. The van der Waals surface area contributed by atoms with Crippen LogP contribution in [0.3, 0.4) is 0 Å². The van der Waals surface area contributed by atoms with Crippen LogP contribution in [0, 0.1) is 0 Å². The minimum absolute atomic E-state index is 0.116. The molecular formula is C42H46O21. The third kappa shape index (κ3) is 12.1. The van der Waals surface area contributed by atoms with Crippen LogP contribution in [0.5, 0.6) is 17.2 Å². The molecule has 3 aromatic rings. The van der Waals surface area contributed by atoms with Crippen LogP contribution in [0.25, 0.3) is 22.3 Å². The lowest BCUT2D eigenvalue weighted by atomic mass is 9.97. The summed E-state index contributed by atoms with van der Waals surface area (Å²) in [7, 11) is 1.49. The van der Waals surface area contributed by atoms with Gasteiger partial charge in [0.1, 0.15) is 40.1 Å². The molecule has 2 fully saturated rings. The van der Waals surface area contributed by atoms with Crippen molar-refractivity contribution in [2.24, 2.45) is 0 Å². The van der Waals surface area contributed by atoms with E-state index in [4.69, 9.17) is 61.3 Å². The number of carbonyl (C=O) groups is 7. The van der Waals surface area contributed by atoms with Crippen molar-refractivity contribution in [3.05, 3.63) is 52.7 Å². The van der Waals surface area contributed by atoms with E-state index >= 15 is 0 Å². The van der Waals surface area contributed by atoms with Crippen molar-refractivity contribution in [2.75, 3.05) is 13.7 Å². The number of carbonyl (C=O) groups excluding carboxylic acids is 7. The zero-order valence-corrected chi connectivity index (χ0v) is 35.6. The second-order valence-electron chi connectivity index (χ2n) is 14.2. The molecule has 340 valence electrons. The van der Waals surface area contributed by atoms with Crippen molar-refractivity contribution in [3.63, 3.8) is 0 Å². The number of rotatable bonds is 14. The lowest BCUT2D eigenvalue weighted by molar-refractivity contribution is -0.323. The van der Waals surface area contributed by atoms with E-state index in [-0.39, 0.29) is 28.2 Å². The standard InChI is InChI=1S/C42H46O21/c1-18-35(55-20(3)44)37(57-22(5)46)39(59-24(7)48)41(53-18)52-17-33-36(56-21(4)45)38(58-23(6)47)40(60-25(8)49)42(63-33)61-28-14-31(54-19(2)43)34-29(50)16-30(62-32(34)15-28)26-10-12-27(51-9)13-11-26/h10-16,18,33,35-42H,17H2,1-9H3/t18-,33-,35-,36-,37-,38-,39-,40-,41+,42+/m1/s1. The summed E-state index contributed by atoms with van der Waals surface area (Å²) < 4.78 is 74.3. The summed E-state index contributed by atoms with van der Waals surface area (Å²) in [4.78, 5) is 100. The van der Waals surface area contributed by atoms with E-state index in [0.29, 0.717) is 11.3 Å². The Kier molecular flexibility index (Phi) is 15.5. The van der Waals surface area contributed by atoms with E-state index < -0.39 is 115 Å². The van der Waals surface area contributed by atoms with Crippen LogP contribution in [0.1, 0.15) is 55.4 Å². The maximum absolute atomic E-state index is 13.5. The second-order valence-corrected chi connectivity index (χ2v) is 14.2. The maximum Gasteiger partial charge on any atom is 0.308 e. The van der Waals surface area contributed by atoms with Gasteiger partial charge < -0.3 is 61.3 Å². The lowest BCUT2D eigenvalue weighted by Crippen LogP contribution is -2.64. The molecule has 10 atom stereocenters. The first kappa shape index (κ1) is 47.5. The molecule has 0 saturated carbocycles. The molecule has 0 N–H and O–H groups in total. The average molecular weight is 887 g/mol. The molecule has 0 bridgehead atoms. The van der Waals surface area contributed by atoms with E-state index in [0.717, 1.165) is 48.5 Å². The molecule has 0 unspecified atom stereocenters. The largest absolute Gasteiger partial charge is 0.497 e. The smallest absolute Gasteiger partial charge is 0.308 e. The topological polar surface area (TPSA) is 260 Å². The highest BCUT2D eigenvalue weighted by Gasteiger charge is 2.55. The predicted molar refractivity (Wildman–Crippen MR) is 209 cm³/mol. The SMILES string of the molecule is COc1ccc(-c2cc(=O)c3c(OC(C)=O)cc(O[C@H]4O[C@H](CO[C@H]5O[C@H](C)[C@@H](OC(C)=O)[C@@H](OC(C)=O)[C@H]5OC(C)=O)[C@@H](OC(C)=O)[C@@H](OC(C)=O)[C@H]4OC(C)=O)cc3o2)cc1. The van der Waals surface area contributed by atoms with E-state index in [2.05, 4.69) is 0 Å². The van der Waals surface area contributed by atoms with Gasteiger partial charge in [-0.3, -0.25) is 38.4 Å². The van der Waals surface area contributed by atoms with Gasteiger partial charge in [-0.15, -0.1) is 0 Å². The Morgan fingerprint density at radius 3 is 1.62 bits per heavy atom. The molecule has 3 heterocycles. The van der Waals surface area contributed by atoms with Crippen LogP contribution in [-0.4, -0.2) is 117 Å². The molecule has 21 heteroatoms. The Hall–Kier alpha value is -6.58. The predicted octanol–water partition coefficient (Wildman–Crippen LogP) is 2.85. The Labute approximate surface area is 358 Å². The fourth-order valence-corrected chi connectivity index (χ4v) is 6.94. The lowest BCUT2D eigenvalue weighted by Gasteiger charge is -2.46. The Morgan fingerprint density at radius 1 is 0.571 bits per heavy atom. The van der Waals surface area contributed by atoms with Crippen molar-refractivity contribution in [2.45, 2.75) is 117 Å². The Bertz CT molecular complexity index is 2270. The molecule has 2 saturated heterocycles. The van der Waals surface area contributed by atoms with Gasteiger partial charge in [0.15, 0.2) is 42.2 Å². The van der Waals surface area contributed by atoms with Gasteiger partial charge in [-0.25, -0.2) is 0 Å². The van der Waals surface area contributed by atoms with Gasteiger partial charge in [-0.1, -0.05) is 0 Å². The quantitative estimate of drug-likeness (QED) is 0.128. The van der Waals surface area contributed by atoms with Crippen LogP contribution in [-0.2, 0) is 76.2 Å². The van der Waals surface area contributed by atoms with E-state index in [1.165, 1.54) is 32.2 Å². The third-order valence-corrected chi connectivity index (χ3v) is 9.20. The fourth-order valence-electron chi connectivity index (χ4n) is 6.94. The third-order valence-electron chi connectivity index (χ3n) is 9.20. The highest BCUT2D eigenvalue weighted by atomic mass is 16.8. The minimum Gasteiger partial charge on any atom is -0.497 e. The average Bonchev–Trinajstić information content (AvgIpc) is 3.17. The molecule has 1 aromatic heterocycles. The van der Waals surface area contributed by atoms with Crippen molar-refractivity contribution in [1.82, 2.24) is 0 Å². The summed E-state index contributed by atoms with van der Waals surface area (Å²) in [5.41, 5.74) is -0.224. The van der Waals surface area contributed by atoms with E-state index in [1.54, 1.807) is 24.3 Å². The van der Waals surface area contributed by atoms with Crippen molar-refractivity contribution in [1.29, 1.82) is 0 Å². The number of benzene rings is 2. The van der Waals surface area contributed by atoms with Crippen molar-refractivity contribution < 1.29 is 94.8 Å². The van der Waals surface area contributed by atoms with Crippen LogP contribution >= 0.6 is 0 Å². The Morgan fingerprint density at radius 2 is 1.08 bits per heavy atom. The van der Waals surface area contributed by atoms with Crippen molar-refractivity contribution >= 4 is 52.8 Å². The Balaban J connectivity index is 1.58. The van der Waals surface area contributed by atoms with Crippen LogP contribution in [0.2, 0.25) is 0 Å². The molecule has 0 spiro atoms. The van der Waals surface area contributed by atoms with Gasteiger partial charge in [0.25, 0.3) is 0 Å². The maximum atomic E-state index is 13.5. The molecule has 0 aliphatic carbocycles. The van der Waals surface area contributed by atoms with Crippen molar-refractivity contribution in [3.8, 4) is 28.6 Å². The normalized spacial score (nSPS) is 25.4. The highest BCUT2D eigenvalue weighted by molar-refractivity contribution is 5.88. The van der Waals surface area contributed by atoms with Gasteiger partial charge >= 0.3 is 41.8 Å². The first-order chi connectivity index (χ1) is 29.7. The number of hydrogen-bond donors (Lipinski definition) is 0. The molecule has 5 rings (SSSR count). The monoisotopic (exact) mass is 886 g/mol. The molecular weight excluding hydrogens is 840 g/mol. The highest BCUT2D eigenvalue weighted by Crippen LogP contribution is 2.37.